The van der Waals surface area contributed by atoms with Crippen LogP contribution in [0, 0.1) is 13.8 Å². The van der Waals surface area contributed by atoms with Gasteiger partial charge in [-0.05, 0) is 49.2 Å². The molecular weight excluding hydrogens is 292 g/mol. The largest absolute Gasteiger partial charge is 0.326 e. The first-order valence-corrected chi connectivity index (χ1v) is 8.46. The number of thiophene rings is 1. The standard InChI is InChI=1S/C14H18N2O2S2/c1-10-6-11(2)8-12(7-10)16(3)20(17,18)14-5-4-13(9-15)19-14/h4-8H,9,15H2,1-3H3. The van der Waals surface area contributed by atoms with Crippen LogP contribution in [-0.4, -0.2) is 15.5 Å². The van der Waals surface area contributed by atoms with E-state index in [0.29, 0.717) is 16.4 Å². The fourth-order valence-electron chi connectivity index (χ4n) is 2.01. The SMILES string of the molecule is Cc1cc(C)cc(N(C)S(=O)(=O)c2ccc(CN)s2)c1. The Balaban J connectivity index is 2.42. The average molecular weight is 310 g/mol. The monoisotopic (exact) mass is 310 g/mol. The summed E-state index contributed by atoms with van der Waals surface area (Å²) in [6.07, 6.45) is 0. The minimum atomic E-state index is -3.52. The molecule has 108 valence electrons. The van der Waals surface area contributed by atoms with E-state index in [4.69, 9.17) is 5.73 Å². The topological polar surface area (TPSA) is 63.4 Å². The molecule has 0 fully saturated rings. The summed E-state index contributed by atoms with van der Waals surface area (Å²) in [5, 5.41) is 0. The highest BCUT2D eigenvalue weighted by Crippen LogP contribution is 2.28. The van der Waals surface area contributed by atoms with Gasteiger partial charge in [0.1, 0.15) is 4.21 Å². The Labute approximate surface area is 123 Å². The van der Waals surface area contributed by atoms with Crippen LogP contribution in [0.25, 0.3) is 0 Å². The molecule has 0 saturated carbocycles. The quantitative estimate of drug-likeness (QED) is 0.944. The predicted octanol–water partition coefficient (Wildman–Crippen LogP) is 2.65. The number of hydrogen-bond donors (Lipinski definition) is 1. The first-order valence-electron chi connectivity index (χ1n) is 6.20. The third-order valence-corrected chi connectivity index (χ3v) is 6.38. The first kappa shape index (κ1) is 15.0. The van der Waals surface area contributed by atoms with Crippen molar-refractivity contribution in [1.82, 2.24) is 0 Å². The van der Waals surface area contributed by atoms with E-state index in [9.17, 15) is 8.42 Å². The Morgan fingerprint density at radius 3 is 2.25 bits per heavy atom. The van der Waals surface area contributed by atoms with Gasteiger partial charge in [-0.1, -0.05) is 6.07 Å². The summed E-state index contributed by atoms with van der Waals surface area (Å²) in [5.74, 6) is 0. The average Bonchev–Trinajstić information content (AvgIpc) is 2.86. The zero-order valence-corrected chi connectivity index (χ0v) is 13.4. The third kappa shape index (κ3) is 2.87. The highest BCUT2D eigenvalue weighted by atomic mass is 32.2. The second-order valence-electron chi connectivity index (χ2n) is 4.74. The van der Waals surface area contributed by atoms with Crippen LogP contribution in [0.3, 0.4) is 0 Å². The van der Waals surface area contributed by atoms with Crippen LogP contribution in [0.4, 0.5) is 5.69 Å². The third-order valence-electron chi connectivity index (χ3n) is 3.02. The van der Waals surface area contributed by atoms with Gasteiger partial charge in [0.25, 0.3) is 10.0 Å². The predicted molar refractivity (Wildman–Crippen MR) is 83.7 cm³/mol. The maximum atomic E-state index is 12.6. The van der Waals surface area contributed by atoms with E-state index >= 15 is 0 Å². The van der Waals surface area contributed by atoms with Crippen molar-refractivity contribution < 1.29 is 8.42 Å². The van der Waals surface area contributed by atoms with Gasteiger partial charge in [-0.25, -0.2) is 8.42 Å². The lowest BCUT2D eigenvalue weighted by Gasteiger charge is -2.19. The summed E-state index contributed by atoms with van der Waals surface area (Å²) in [7, 11) is -1.94. The number of hydrogen-bond acceptors (Lipinski definition) is 4. The summed E-state index contributed by atoms with van der Waals surface area (Å²) in [4.78, 5) is 0.859. The van der Waals surface area contributed by atoms with Crippen LogP contribution in [0.2, 0.25) is 0 Å². The van der Waals surface area contributed by atoms with Gasteiger partial charge in [0.2, 0.25) is 0 Å². The molecule has 0 aliphatic heterocycles. The Morgan fingerprint density at radius 2 is 1.75 bits per heavy atom. The van der Waals surface area contributed by atoms with Crippen molar-refractivity contribution in [2.75, 3.05) is 11.4 Å². The van der Waals surface area contributed by atoms with Gasteiger partial charge in [0.15, 0.2) is 0 Å². The van der Waals surface area contributed by atoms with Crippen LogP contribution in [-0.2, 0) is 16.6 Å². The van der Waals surface area contributed by atoms with E-state index in [1.807, 2.05) is 32.0 Å². The van der Waals surface area contributed by atoms with E-state index in [2.05, 4.69) is 0 Å². The smallest absolute Gasteiger partial charge is 0.273 e. The molecule has 0 bridgehead atoms. The number of sulfonamides is 1. The Hall–Kier alpha value is -1.37. The van der Waals surface area contributed by atoms with Crippen LogP contribution in [0.1, 0.15) is 16.0 Å². The molecule has 0 aliphatic carbocycles. The van der Waals surface area contributed by atoms with Crippen molar-refractivity contribution in [2.45, 2.75) is 24.6 Å². The zero-order valence-electron chi connectivity index (χ0n) is 11.8. The summed E-state index contributed by atoms with van der Waals surface area (Å²) in [6, 6.07) is 9.11. The van der Waals surface area contributed by atoms with Gasteiger partial charge in [0, 0.05) is 18.5 Å². The van der Waals surface area contributed by atoms with Crippen LogP contribution >= 0.6 is 11.3 Å². The van der Waals surface area contributed by atoms with Gasteiger partial charge in [-0.15, -0.1) is 11.3 Å². The van der Waals surface area contributed by atoms with Gasteiger partial charge in [-0.2, -0.15) is 0 Å². The number of anilines is 1. The van der Waals surface area contributed by atoms with Gasteiger partial charge in [-0.3, -0.25) is 4.31 Å². The lowest BCUT2D eigenvalue weighted by Crippen LogP contribution is -2.25. The normalized spacial score (nSPS) is 11.6. The number of benzene rings is 1. The van der Waals surface area contributed by atoms with E-state index < -0.39 is 10.0 Å². The highest BCUT2D eigenvalue weighted by Gasteiger charge is 2.23. The molecule has 2 rings (SSSR count). The molecule has 4 nitrogen and oxygen atoms in total. The minimum Gasteiger partial charge on any atom is -0.326 e. The van der Waals surface area contributed by atoms with Crippen LogP contribution in [0.15, 0.2) is 34.5 Å². The minimum absolute atomic E-state index is 0.319. The maximum absolute atomic E-state index is 12.6. The zero-order chi connectivity index (χ0) is 14.9. The number of nitrogens with zero attached hydrogens (tertiary/aromatic N) is 1. The Kier molecular flexibility index (Phi) is 4.17. The molecule has 0 spiro atoms. The van der Waals surface area contributed by atoms with E-state index in [1.54, 1.807) is 19.2 Å². The summed E-state index contributed by atoms with van der Waals surface area (Å²) >= 11 is 1.22. The van der Waals surface area contributed by atoms with Gasteiger partial charge in [0.05, 0.1) is 5.69 Å². The molecule has 2 aromatic rings. The molecular formula is C14H18N2O2S2. The first-order chi connectivity index (χ1) is 9.34. The molecule has 0 atom stereocenters. The second-order valence-corrected chi connectivity index (χ2v) is 8.11. The summed E-state index contributed by atoms with van der Waals surface area (Å²) in [6.45, 7) is 4.26. The molecule has 0 radical (unpaired) electrons. The van der Waals surface area contributed by atoms with Gasteiger partial charge < -0.3 is 5.73 Å². The maximum Gasteiger partial charge on any atom is 0.273 e. The lowest BCUT2D eigenvalue weighted by atomic mass is 10.1. The van der Waals surface area contributed by atoms with Crippen molar-refractivity contribution in [3.8, 4) is 0 Å². The number of rotatable bonds is 4. The molecule has 1 aromatic heterocycles. The van der Waals surface area contributed by atoms with Gasteiger partial charge >= 0.3 is 0 Å². The molecule has 1 aromatic carbocycles. The van der Waals surface area contributed by atoms with Crippen molar-refractivity contribution >= 4 is 27.0 Å². The number of nitrogens with two attached hydrogens (primary N) is 1. The van der Waals surface area contributed by atoms with Crippen LogP contribution in [0.5, 0.6) is 0 Å². The summed E-state index contributed by atoms with van der Waals surface area (Å²) < 4.78 is 26.8. The fourth-order valence-corrected chi connectivity index (χ4v) is 4.60. The van der Waals surface area contributed by atoms with Crippen molar-refractivity contribution in [1.29, 1.82) is 0 Å². The number of aryl methyl sites for hydroxylation is 2. The summed E-state index contributed by atoms with van der Waals surface area (Å²) in [5.41, 5.74) is 8.28. The molecule has 2 N–H and O–H groups in total. The molecule has 6 heteroatoms. The Bertz CT molecular complexity index is 700. The molecule has 0 amide bonds. The van der Waals surface area contributed by atoms with Crippen molar-refractivity contribution in [3.63, 3.8) is 0 Å². The van der Waals surface area contributed by atoms with Crippen molar-refractivity contribution in [2.24, 2.45) is 5.73 Å². The van der Waals surface area contributed by atoms with E-state index in [-0.39, 0.29) is 0 Å². The second kappa shape index (κ2) is 5.55. The van der Waals surface area contributed by atoms with E-state index in [1.165, 1.54) is 15.6 Å². The molecule has 20 heavy (non-hydrogen) atoms. The molecule has 0 unspecified atom stereocenters. The fraction of sp³-hybridized carbons (Fsp3) is 0.286. The molecule has 0 saturated heterocycles. The van der Waals surface area contributed by atoms with Crippen molar-refractivity contribution in [3.05, 3.63) is 46.3 Å². The lowest BCUT2D eigenvalue weighted by molar-refractivity contribution is 0.596. The molecule has 0 aliphatic rings. The van der Waals surface area contributed by atoms with E-state index in [0.717, 1.165) is 16.0 Å². The van der Waals surface area contributed by atoms with Crippen LogP contribution < -0.4 is 10.0 Å². The Morgan fingerprint density at radius 1 is 1.15 bits per heavy atom. The highest BCUT2D eigenvalue weighted by molar-refractivity contribution is 7.94. The molecule has 1 heterocycles.